The summed E-state index contributed by atoms with van der Waals surface area (Å²) < 4.78 is 15.2. The Labute approximate surface area is 98.0 Å². The molecule has 78 valence electrons. The van der Waals surface area contributed by atoms with E-state index in [1.54, 1.807) is 12.1 Å². The van der Waals surface area contributed by atoms with E-state index in [1.807, 2.05) is 0 Å². The summed E-state index contributed by atoms with van der Waals surface area (Å²) in [7, 11) is 0. The molecule has 3 N–H and O–H groups in total. The molecule has 4 nitrogen and oxygen atoms in total. The fourth-order valence-corrected chi connectivity index (χ4v) is 1.79. The van der Waals surface area contributed by atoms with Gasteiger partial charge in [-0.15, -0.1) is 5.10 Å². The molecule has 15 heavy (non-hydrogen) atoms. The van der Waals surface area contributed by atoms with Crippen LogP contribution in [-0.2, 0) is 0 Å². The minimum absolute atomic E-state index is 0.235. The summed E-state index contributed by atoms with van der Waals surface area (Å²) in [5.74, 6) is -0.106. The lowest BCUT2D eigenvalue weighted by molar-refractivity contribution is 0.620. The quantitative estimate of drug-likeness (QED) is 0.793. The number of nitrogens with zero attached hydrogens (tertiary/aromatic N) is 2. The van der Waals surface area contributed by atoms with Gasteiger partial charge >= 0.3 is 0 Å². The molecule has 0 aliphatic carbocycles. The lowest BCUT2D eigenvalue weighted by Crippen LogP contribution is -2.01. The first kappa shape index (κ1) is 10.3. The Bertz CT molecular complexity index is 562. The standard InChI is InChI=1S/C8H6BrFN4S/c9-5-3-4(1-2-6(5)10)14-7(11)12-13-8(14)15/h1-3H,(H2,11,12)(H,13,15). The van der Waals surface area contributed by atoms with Crippen LogP contribution in [0.4, 0.5) is 10.3 Å². The Hall–Kier alpha value is -1.21. The molecule has 0 fully saturated rings. The smallest absolute Gasteiger partial charge is 0.225 e. The van der Waals surface area contributed by atoms with Crippen LogP contribution < -0.4 is 5.73 Å². The first-order valence-electron chi connectivity index (χ1n) is 3.98. The highest BCUT2D eigenvalue weighted by Crippen LogP contribution is 2.20. The molecule has 1 aromatic carbocycles. The molecule has 2 aromatic rings. The molecule has 1 heterocycles. The highest BCUT2D eigenvalue weighted by molar-refractivity contribution is 9.10. The second-order valence-electron chi connectivity index (χ2n) is 2.82. The zero-order valence-electron chi connectivity index (χ0n) is 7.37. The zero-order valence-corrected chi connectivity index (χ0v) is 9.77. The molecule has 0 bridgehead atoms. The third kappa shape index (κ3) is 1.80. The van der Waals surface area contributed by atoms with E-state index in [0.29, 0.717) is 14.9 Å². The van der Waals surface area contributed by atoms with Crippen molar-refractivity contribution in [2.45, 2.75) is 0 Å². The zero-order chi connectivity index (χ0) is 11.0. The van der Waals surface area contributed by atoms with E-state index in [2.05, 4.69) is 26.1 Å². The van der Waals surface area contributed by atoms with Gasteiger partial charge in [-0.3, -0.25) is 4.57 Å². The summed E-state index contributed by atoms with van der Waals surface area (Å²) in [4.78, 5) is 0. The molecule has 0 aliphatic rings. The number of nitrogen functional groups attached to an aromatic ring is 1. The molecule has 0 unspecified atom stereocenters. The average molecular weight is 289 g/mol. The van der Waals surface area contributed by atoms with Crippen LogP contribution in [0.25, 0.3) is 5.69 Å². The fraction of sp³-hybridized carbons (Fsp3) is 0. The number of rotatable bonds is 1. The summed E-state index contributed by atoms with van der Waals surface area (Å²) >= 11 is 8.07. The minimum atomic E-state index is -0.340. The van der Waals surface area contributed by atoms with E-state index >= 15 is 0 Å². The van der Waals surface area contributed by atoms with Crippen molar-refractivity contribution in [3.8, 4) is 5.69 Å². The second-order valence-corrected chi connectivity index (χ2v) is 4.06. The van der Waals surface area contributed by atoms with Gasteiger partial charge in [-0.05, 0) is 46.3 Å². The number of hydrogen-bond donors (Lipinski definition) is 2. The Balaban J connectivity index is 2.65. The van der Waals surface area contributed by atoms with Crippen molar-refractivity contribution in [3.63, 3.8) is 0 Å². The van der Waals surface area contributed by atoms with Crippen molar-refractivity contribution in [2.24, 2.45) is 0 Å². The fourth-order valence-electron chi connectivity index (χ4n) is 1.18. The number of nitrogens with two attached hydrogens (primary N) is 1. The maximum atomic E-state index is 13.0. The average Bonchev–Trinajstić information content (AvgIpc) is 2.52. The van der Waals surface area contributed by atoms with Gasteiger partial charge in [-0.25, -0.2) is 9.49 Å². The molecule has 0 aliphatic heterocycles. The summed E-state index contributed by atoms with van der Waals surface area (Å²) in [6.45, 7) is 0. The van der Waals surface area contributed by atoms with Gasteiger partial charge in [-0.2, -0.15) is 0 Å². The maximum Gasteiger partial charge on any atom is 0.225 e. The first-order valence-corrected chi connectivity index (χ1v) is 5.18. The Morgan fingerprint density at radius 3 is 2.80 bits per heavy atom. The topological polar surface area (TPSA) is 59.6 Å². The highest BCUT2D eigenvalue weighted by atomic mass is 79.9. The van der Waals surface area contributed by atoms with Gasteiger partial charge in [-0.1, -0.05) is 0 Å². The maximum absolute atomic E-state index is 13.0. The number of aromatic nitrogens is 3. The van der Waals surface area contributed by atoms with Gasteiger partial charge in [0.05, 0.1) is 10.2 Å². The number of aromatic amines is 1. The summed E-state index contributed by atoms with van der Waals surface area (Å²) in [6, 6.07) is 4.48. The molecule has 0 amide bonds. The van der Waals surface area contributed by atoms with Crippen molar-refractivity contribution in [3.05, 3.63) is 33.3 Å². The molecule has 0 atom stereocenters. The molecule has 7 heteroatoms. The van der Waals surface area contributed by atoms with Crippen LogP contribution in [0.2, 0.25) is 0 Å². The SMILES string of the molecule is Nc1n[nH]c(=S)n1-c1ccc(F)c(Br)c1. The number of nitrogens with one attached hydrogen (secondary N) is 1. The minimum Gasteiger partial charge on any atom is -0.368 e. The molecule has 0 saturated heterocycles. The molecule has 0 radical (unpaired) electrons. The third-order valence-electron chi connectivity index (χ3n) is 1.86. The molecule has 1 aromatic heterocycles. The lowest BCUT2D eigenvalue weighted by atomic mass is 10.3. The second kappa shape index (κ2) is 3.74. The van der Waals surface area contributed by atoms with E-state index in [9.17, 15) is 4.39 Å². The van der Waals surface area contributed by atoms with E-state index in [4.69, 9.17) is 18.0 Å². The van der Waals surface area contributed by atoms with Gasteiger partial charge in [0.15, 0.2) is 0 Å². The van der Waals surface area contributed by atoms with Gasteiger partial charge in [0.25, 0.3) is 0 Å². The van der Waals surface area contributed by atoms with Crippen molar-refractivity contribution < 1.29 is 4.39 Å². The first-order chi connectivity index (χ1) is 7.09. The highest BCUT2D eigenvalue weighted by Gasteiger charge is 2.06. The van der Waals surface area contributed by atoms with Gasteiger partial charge in [0, 0.05) is 0 Å². The predicted octanol–water partition coefficient (Wildman–Crippen LogP) is 2.41. The van der Waals surface area contributed by atoms with Crippen LogP contribution >= 0.6 is 28.1 Å². The molecule has 0 saturated carbocycles. The molecule has 0 spiro atoms. The van der Waals surface area contributed by atoms with Crippen LogP contribution in [0.3, 0.4) is 0 Å². The van der Waals surface area contributed by atoms with Gasteiger partial charge in [0.2, 0.25) is 10.7 Å². The molecular formula is C8H6BrFN4S. The van der Waals surface area contributed by atoms with E-state index < -0.39 is 0 Å². The largest absolute Gasteiger partial charge is 0.368 e. The summed E-state index contributed by atoms with van der Waals surface area (Å²) in [6.07, 6.45) is 0. The van der Waals surface area contributed by atoms with E-state index in [0.717, 1.165) is 0 Å². The van der Waals surface area contributed by atoms with Crippen molar-refractivity contribution in [1.82, 2.24) is 14.8 Å². The van der Waals surface area contributed by atoms with Gasteiger partial charge < -0.3 is 5.73 Å². The summed E-state index contributed by atoms with van der Waals surface area (Å²) in [5, 5.41) is 6.31. The van der Waals surface area contributed by atoms with Crippen molar-refractivity contribution >= 4 is 34.1 Å². The Morgan fingerprint density at radius 2 is 2.27 bits per heavy atom. The third-order valence-corrected chi connectivity index (χ3v) is 2.74. The Morgan fingerprint density at radius 1 is 1.53 bits per heavy atom. The van der Waals surface area contributed by atoms with E-state index in [1.165, 1.54) is 10.6 Å². The van der Waals surface area contributed by atoms with Crippen LogP contribution in [0.15, 0.2) is 22.7 Å². The van der Waals surface area contributed by atoms with Crippen LogP contribution in [0.5, 0.6) is 0 Å². The van der Waals surface area contributed by atoms with E-state index in [-0.39, 0.29) is 11.8 Å². The number of halogens is 2. The monoisotopic (exact) mass is 288 g/mol. The van der Waals surface area contributed by atoms with Crippen LogP contribution in [0, 0.1) is 10.6 Å². The normalized spacial score (nSPS) is 10.5. The number of hydrogen-bond acceptors (Lipinski definition) is 3. The van der Waals surface area contributed by atoms with Crippen LogP contribution in [0.1, 0.15) is 0 Å². The van der Waals surface area contributed by atoms with Crippen LogP contribution in [-0.4, -0.2) is 14.8 Å². The molecular weight excluding hydrogens is 283 g/mol. The predicted molar refractivity (Wildman–Crippen MR) is 60.8 cm³/mol. The lowest BCUT2D eigenvalue weighted by Gasteiger charge is -2.04. The number of H-pyrrole nitrogens is 1. The van der Waals surface area contributed by atoms with Crippen molar-refractivity contribution in [1.29, 1.82) is 0 Å². The summed E-state index contributed by atoms with van der Waals surface area (Å²) in [5.41, 5.74) is 6.26. The van der Waals surface area contributed by atoms with Crippen molar-refractivity contribution in [2.75, 3.05) is 5.73 Å². The number of anilines is 1. The van der Waals surface area contributed by atoms with Gasteiger partial charge in [0.1, 0.15) is 5.82 Å². The molecule has 2 rings (SSSR count). The Kier molecular flexibility index (Phi) is 2.57. The number of benzene rings is 1.